The van der Waals surface area contributed by atoms with Crippen LogP contribution in [0.1, 0.15) is 21.0 Å². The van der Waals surface area contributed by atoms with Crippen molar-refractivity contribution in [3.63, 3.8) is 0 Å². The van der Waals surface area contributed by atoms with Crippen molar-refractivity contribution in [2.75, 3.05) is 26.2 Å². The molecule has 0 bridgehead atoms. The number of amides is 2. The van der Waals surface area contributed by atoms with Gasteiger partial charge in [0.05, 0.1) is 0 Å². The Hall–Kier alpha value is -3.09. The lowest BCUT2D eigenvalue weighted by Crippen LogP contribution is -2.50. The number of halogens is 1. The van der Waals surface area contributed by atoms with Gasteiger partial charge < -0.3 is 15.1 Å². The Morgan fingerprint density at radius 3 is 2.45 bits per heavy atom. The van der Waals surface area contributed by atoms with E-state index in [0.717, 1.165) is 11.3 Å². The second-order valence-corrected chi connectivity index (χ2v) is 9.42. The van der Waals surface area contributed by atoms with Gasteiger partial charge in [-0.1, -0.05) is 12.1 Å². The summed E-state index contributed by atoms with van der Waals surface area (Å²) in [5, 5.41) is 1.57. The minimum absolute atomic E-state index is 0.0466. The molecule has 2 aromatic heterocycles. The number of piperazine rings is 1. The van der Waals surface area contributed by atoms with E-state index >= 15 is 0 Å². The molecule has 0 spiro atoms. The normalized spacial score (nSPS) is 15.2. The van der Waals surface area contributed by atoms with E-state index in [1.54, 1.807) is 23.6 Å². The number of aromatic nitrogens is 1. The Morgan fingerprint density at radius 1 is 1.10 bits per heavy atom. The summed E-state index contributed by atoms with van der Waals surface area (Å²) in [4.78, 5) is 29.6. The summed E-state index contributed by atoms with van der Waals surface area (Å²) in [7, 11) is -3.96. The third-order valence-corrected chi connectivity index (χ3v) is 7.42. The van der Waals surface area contributed by atoms with Gasteiger partial charge in [0.1, 0.15) is 16.5 Å². The van der Waals surface area contributed by atoms with Gasteiger partial charge in [-0.25, -0.2) is 17.8 Å². The second kappa shape index (κ2) is 8.21. The van der Waals surface area contributed by atoms with Gasteiger partial charge in [-0.05, 0) is 24.3 Å². The van der Waals surface area contributed by atoms with Crippen LogP contribution in [0.4, 0.5) is 4.39 Å². The zero-order chi connectivity index (χ0) is 22.2. The molecule has 4 rings (SSSR count). The molecule has 1 aliphatic rings. The van der Waals surface area contributed by atoms with Gasteiger partial charge in [-0.2, -0.15) is 4.31 Å². The first kappa shape index (κ1) is 21.2. The summed E-state index contributed by atoms with van der Waals surface area (Å²) < 4.78 is 45.6. The van der Waals surface area contributed by atoms with Crippen LogP contribution in [0, 0.1) is 5.82 Å². The molecule has 3 aromatic rings. The van der Waals surface area contributed by atoms with E-state index < -0.39 is 21.7 Å². The van der Waals surface area contributed by atoms with Gasteiger partial charge >= 0.3 is 0 Å². The molecule has 1 fully saturated rings. The average Bonchev–Trinajstić information content (AvgIpc) is 3.44. The first-order valence-corrected chi connectivity index (χ1v) is 11.5. The zero-order valence-electron chi connectivity index (χ0n) is 16.0. The molecule has 0 radical (unpaired) electrons. The summed E-state index contributed by atoms with van der Waals surface area (Å²) in [5.41, 5.74) is 5.59. The summed E-state index contributed by atoms with van der Waals surface area (Å²) in [6, 6.07) is 8.54. The maximum atomic E-state index is 14.0. The fourth-order valence-electron chi connectivity index (χ4n) is 3.14. The Balaban J connectivity index is 1.43. The van der Waals surface area contributed by atoms with Gasteiger partial charge in [0, 0.05) is 37.1 Å². The number of carbonyl (C=O) groups excluding carboxylic acids is 2. The van der Waals surface area contributed by atoms with Crippen LogP contribution in [0.15, 0.2) is 51.3 Å². The Labute approximate surface area is 180 Å². The van der Waals surface area contributed by atoms with Gasteiger partial charge in [-0.15, -0.1) is 11.3 Å². The Kier molecular flexibility index (Phi) is 5.60. The molecule has 1 aromatic carbocycles. The number of hydrogen-bond acceptors (Lipinski definition) is 7. The molecule has 0 atom stereocenters. The number of primary amides is 1. The van der Waals surface area contributed by atoms with Crippen LogP contribution in [0.5, 0.6) is 0 Å². The maximum absolute atomic E-state index is 14.0. The zero-order valence-corrected chi connectivity index (χ0v) is 17.7. The molecular weight excluding hydrogens is 447 g/mol. The first-order valence-electron chi connectivity index (χ1n) is 9.17. The summed E-state index contributed by atoms with van der Waals surface area (Å²) >= 11 is 1.16. The lowest BCUT2D eigenvalue weighted by molar-refractivity contribution is 0.0691. The fourth-order valence-corrected chi connectivity index (χ4v) is 5.30. The quantitative estimate of drug-likeness (QED) is 0.613. The number of rotatable bonds is 5. The van der Waals surface area contributed by atoms with Crippen LogP contribution in [0.2, 0.25) is 0 Å². The molecule has 1 saturated heterocycles. The molecule has 0 saturated carbocycles. The first-order chi connectivity index (χ1) is 14.8. The predicted octanol–water partition coefficient (Wildman–Crippen LogP) is 1.79. The molecule has 0 unspecified atom stereocenters. The number of nitrogens with two attached hydrogens (primary N) is 1. The van der Waals surface area contributed by atoms with Gasteiger partial charge in [0.2, 0.25) is 5.09 Å². The van der Waals surface area contributed by atoms with E-state index in [4.69, 9.17) is 10.2 Å². The summed E-state index contributed by atoms with van der Waals surface area (Å²) in [6.45, 7) is 0.387. The van der Waals surface area contributed by atoms with Crippen LogP contribution in [0.25, 0.3) is 10.6 Å². The highest BCUT2D eigenvalue weighted by atomic mass is 32.2. The summed E-state index contributed by atoms with van der Waals surface area (Å²) in [6.07, 6.45) is 0. The molecule has 1 aliphatic heterocycles. The molecule has 2 N–H and O–H groups in total. The van der Waals surface area contributed by atoms with Crippen molar-refractivity contribution >= 4 is 33.2 Å². The minimum Gasteiger partial charge on any atom is -0.438 e. The molecule has 9 nitrogen and oxygen atoms in total. The van der Waals surface area contributed by atoms with Gasteiger partial charge in [0.15, 0.2) is 5.76 Å². The lowest BCUT2D eigenvalue weighted by Gasteiger charge is -2.33. The number of furan rings is 1. The number of thiazole rings is 1. The van der Waals surface area contributed by atoms with Crippen molar-refractivity contribution < 1.29 is 26.8 Å². The van der Waals surface area contributed by atoms with E-state index in [-0.39, 0.29) is 48.6 Å². The topological polar surface area (TPSA) is 127 Å². The number of nitrogens with zero attached hydrogens (tertiary/aromatic N) is 3. The van der Waals surface area contributed by atoms with E-state index in [2.05, 4.69) is 4.98 Å². The molecule has 12 heteroatoms. The average molecular weight is 465 g/mol. The second-order valence-electron chi connectivity index (χ2n) is 6.70. The van der Waals surface area contributed by atoms with Crippen molar-refractivity contribution in [3.05, 3.63) is 59.0 Å². The third-order valence-electron chi connectivity index (χ3n) is 4.77. The third kappa shape index (κ3) is 4.09. The van der Waals surface area contributed by atoms with Crippen LogP contribution in [-0.4, -0.2) is 60.6 Å². The van der Waals surface area contributed by atoms with Crippen molar-refractivity contribution in [1.29, 1.82) is 0 Å². The maximum Gasteiger partial charge on any atom is 0.284 e. The van der Waals surface area contributed by atoms with Crippen LogP contribution in [0.3, 0.4) is 0 Å². The van der Waals surface area contributed by atoms with Crippen LogP contribution >= 0.6 is 11.3 Å². The summed E-state index contributed by atoms with van der Waals surface area (Å²) in [5.74, 6) is -1.89. The van der Waals surface area contributed by atoms with Gasteiger partial charge in [-0.3, -0.25) is 9.59 Å². The van der Waals surface area contributed by atoms with E-state index in [0.29, 0.717) is 10.6 Å². The minimum atomic E-state index is -3.96. The van der Waals surface area contributed by atoms with E-state index in [9.17, 15) is 22.4 Å². The lowest BCUT2D eigenvalue weighted by atomic mass is 10.2. The smallest absolute Gasteiger partial charge is 0.284 e. The van der Waals surface area contributed by atoms with Gasteiger partial charge in [0.25, 0.3) is 21.8 Å². The van der Waals surface area contributed by atoms with E-state index in [1.165, 1.54) is 27.4 Å². The van der Waals surface area contributed by atoms with Crippen molar-refractivity contribution in [1.82, 2.24) is 14.2 Å². The predicted molar refractivity (Wildman–Crippen MR) is 109 cm³/mol. The standard InChI is InChI=1S/C19H17FN4O5S2/c20-13-4-2-1-3-12(13)18-22-14(11-30-18)19(26)23-7-9-24(10-8-23)31(27,28)16-6-5-15(29-16)17(21)25/h1-6,11H,7-10H2,(H2,21,25). The van der Waals surface area contributed by atoms with Crippen LogP contribution in [-0.2, 0) is 10.0 Å². The monoisotopic (exact) mass is 464 g/mol. The van der Waals surface area contributed by atoms with Crippen molar-refractivity contribution in [2.45, 2.75) is 5.09 Å². The molecule has 162 valence electrons. The number of benzene rings is 1. The Morgan fingerprint density at radius 2 is 1.81 bits per heavy atom. The Bertz CT molecular complexity index is 1250. The molecule has 2 amide bonds. The SMILES string of the molecule is NC(=O)c1ccc(S(=O)(=O)N2CCN(C(=O)c3csc(-c4ccccc4F)n3)CC2)o1. The van der Waals surface area contributed by atoms with Crippen LogP contribution < -0.4 is 5.73 Å². The van der Waals surface area contributed by atoms with Crippen molar-refractivity contribution in [2.24, 2.45) is 5.73 Å². The highest BCUT2D eigenvalue weighted by Gasteiger charge is 2.33. The van der Waals surface area contributed by atoms with E-state index in [1.807, 2.05) is 0 Å². The van der Waals surface area contributed by atoms with Crippen molar-refractivity contribution in [3.8, 4) is 10.6 Å². The number of carbonyl (C=O) groups is 2. The largest absolute Gasteiger partial charge is 0.438 e. The molecule has 0 aliphatic carbocycles. The number of hydrogen-bond donors (Lipinski definition) is 1. The molecule has 3 heterocycles. The molecule has 31 heavy (non-hydrogen) atoms. The fraction of sp³-hybridized carbons (Fsp3) is 0.211. The number of sulfonamides is 1. The highest BCUT2D eigenvalue weighted by Crippen LogP contribution is 2.27. The highest BCUT2D eigenvalue weighted by molar-refractivity contribution is 7.89. The molecular formula is C19H17FN4O5S2.